The van der Waals surface area contributed by atoms with Crippen LogP contribution in [0, 0.1) is 6.92 Å². The third-order valence-electron chi connectivity index (χ3n) is 2.38. The van der Waals surface area contributed by atoms with E-state index in [-0.39, 0.29) is 0 Å². The van der Waals surface area contributed by atoms with Crippen LogP contribution in [0.1, 0.15) is 16.1 Å². The number of aldehydes is 1. The summed E-state index contributed by atoms with van der Waals surface area (Å²) in [4.78, 5) is 15.3. The van der Waals surface area contributed by atoms with E-state index in [1.807, 2.05) is 6.92 Å². The van der Waals surface area contributed by atoms with Gasteiger partial charge in [0.2, 0.25) is 0 Å². The Hall–Kier alpha value is -1.61. The average molecular weight is 236 g/mol. The highest BCUT2D eigenvalue weighted by atomic mass is 35.5. The van der Waals surface area contributed by atoms with Crippen LogP contribution >= 0.6 is 11.6 Å². The lowest BCUT2D eigenvalue weighted by molar-refractivity contribution is 0.112. The van der Waals surface area contributed by atoms with Gasteiger partial charge in [-0.1, -0.05) is 11.6 Å². The Bertz CT molecular complexity index is 566. The van der Waals surface area contributed by atoms with Gasteiger partial charge in [0.25, 0.3) is 0 Å². The van der Waals surface area contributed by atoms with Crippen molar-refractivity contribution in [2.75, 3.05) is 7.11 Å². The molecule has 2 rings (SSSR count). The van der Waals surface area contributed by atoms with Crippen LogP contribution in [-0.4, -0.2) is 18.4 Å². The number of ether oxygens (including phenoxy) is 1. The number of aromatic nitrogens is 1. The normalized spacial score (nSPS) is 10.4. The van der Waals surface area contributed by atoms with Crippen LogP contribution < -0.4 is 4.74 Å². The van der Waals surface area contributed by atoms with Gasteiger partial charge in [0.1, 0.15) is 11.3 Å². The topological polar surface area (TPSA) is 39.2 Å². The summed E-state index contributed by atoms with van der Waals surface area (Å²) in [6, 6.07) is 5.13. The summed E-state index contributed by atoms with van der Waals surface area (Å²) in [6.07, 6.45) is 0.769. The summed E-state index contributed by atoms with van der Waals surface area (Å²) in [6.45, 7) is 1.85. The molecule has 1 aromatic carbocycles. The minimum atomic E-state index is 0.517. The number of carbonyl (C=O) groups is 1. The molecular formula is C12H10ClNO2. The molecule has 0 amide bonds. The molecule has 0 fully saturated rings. The lowest BCUT2D eigenvalue weighted by Crippen LogP contribution is -1.94. The molecule has 82 valence electrons. The number of hydrogen-bond acceptors (Lipinski definition) is 3. The molecule has 0 atom stereocenters. The number of nitrogens with zero attached hydrogens (tertiary/aromatic N) is 1. The number of aryl methyl sites for hydroxylation is 1. The minimum absolute atomic E-state index is 0.517. The molecule has 4 heteroatoms. The van der Waals surface area contributed by atoms with Gasteiger partial charge in [-0.3, -0.25) is 4.79 Å². The average Bonchev–Trinajstić information content (AvgIpc) is 2.27. The van der Waals surface area contributed by atoms with Crippen LogP contribution in [0.3, 0.4) is 0 Å². The first-order chi connectivity index (χ1) is 7.67. The van der Waals surface area contributed by atoms with Crippen LogP contribution in [0.15, 0.2) is 18.2 Å². The summed E-state index contributed by atoms with van der Waals surface area (Å²) < 4.78 is 5.20. The van der Waals surface area contributed by atoms with Crippen molar-refractivity contribution >= 4 is 28.8 Å². The number of benzene rings is 1. The molecule has 0 spiro atoms. The van der Waals surface area contributed by atoms with E-state index in [1.54, 1.807) is 25.3 Å². The Morgan fingerprint density at radius 1 is 1.44 bits per heavy atom. The van der Waals surface area contributed by atoms with E-state index >= 15 is 0 Å². The number of carbonyl (C=O) groups excluding carboxylic acids is 1. The molecule has 1 aromatic heterocycles. The van der Waals surface area contributed by atoms with E-state index < -0.39 is 0 Å². The first-order valence-corrected chi connectivity index (χ1v) is 5.14. The number of rotatable bonds is 2. The summed E-state index contributed by atoms with van der Waals surface area (Å²) >= 11 is 6.12. The Balaban J connectivity index is 2.95. The quantitative estimate of drug-likeness (QED) is 0.751. The third kappa shape index (κ3) is 1.63. The van der Waals surface area contributed by atoms with Gasteiger partial charge in [-0.2, -0.15) is 0 Å². The van der Waals surface area contributed by atoms with Crippen molar-refractivity contribution in [2.45, 2.75) is 6.92 Å². The van der Waals surface area contributed by atoms with Gasteiger partial charge in [0, 0.05) is 16.6 Å². The lowest BCUT2D eigenvalue weighted by atomic mass is 10.1. The molecular weight excluding hydrogens is 226 g/mol. The highest BCUT2D eigenvalue weighted by molar-refractivity contribution is 6.36. The van der Waals surface area contributed by atoms with Gasteiger partial charge in [-0.05, 0) is 25.1 Å². The molecule has 0 saturated heterocycles. The van der Waals surface area contributed by atoms with E-state index in [0.29, 0.717) is 27.2 Å². The van der Waals surface area contributed by atoms with Crippen LogP contribution in [0.2, 0.25) is 5.02 Å². The maximum atomic E-state index is 10.9. The van der Waals surface area contributed by atoms with E-state index in [2.05, 4.69) is 4.98 Å². The molecule has 0 N–H and O–H groups in total. The largest absolute Gasteiger partial charge is 0.494 e. The van der Waals surface area contributed by atoms with E-state index in [4.69, 9.17) is 16.3 Å². The monoisotopic (exact) mass is 235 g/mol. The van der Waals surface area contributed by atoms with Crippen LogP contribution in [0.4, 0.5) is 0 Å². The fraction of sp³-hybridized carbons (Fsp3) is 0.167. The third-order valence-corrected chi connectivity index (χ3v) is 2.68. The van der Waals surface area contributed by atoms with Crippen molar-refractivity contribution in [1.82, 2.24) is 4.98 Å². The molecule has 16 heavy (non-hydrogen) atoms. The maximum absolute atomic E-state index is 10.9. The van der Waals surface area contributed by atoms with Gasteiger partial charge in [0.05, 0.1) is 12.1 Å². The first kappa shape index (κ1) is 10.9. The molecule has 0 radical (unpaired) electrons. The predicted molar refractivity (Wildman–Crippen MR) is 63.4 cm³/mol. The van der Waals surface area contributed by atoms with Crippen molar-refractivity contribution in [2.24, 2.45) is 0 Å². The Morgan fingerprint density at radius 2 is 2.19 bits per heavy atom. The lowest BCUT2D eigenvalue weighted by Gasteiger charge is -2.08. The number of fused-ring (bicyclic) bond motifs is 1. The zero-order chi connectivity index (χ0) is 11.7. The van der Waals surface area contributed by atoms with Gasteiger partial charge in [0.15, 0.2) is 6.29 Å². The fourth-order valence-corrected chi connectivity index (χ4v) is 2.03. The molecule has 3 nitrogen and oxygen atoms in total. The summed E-state index contributed by atoms with van der Waals surface area (Å²) in [5.74, 6) is 0.617. The van der Waals surface area contributed by atoms with E-state index in [0.717, 1.165) is 12.0 Å². The van der Waals surface area contributed by atoms with E-state index in [9.17, 15) is 4.79 Å². The van der Waals surface area contributed by atoms with Gasteiger partial charge in [-0.25, -0.2) is 4.98 Å². The highest BCUT2D eigenvalue weighted by Crippen LogP contribution is 2.31. The molecule has 0 saturated carbocycles. The molecule has 0 aliphatic heterocycles. The number of methoxy groups -OCH3 is 1. The predicted octanol–water partition coefficient (Wildman–Crippen LogP) is 3.02. The maximum Gasteiger partial charge on any atom is 0.150 e. The summed E-state index contributed by atoms with van der Waals surface area (Å²) in [7, 11) is 1.56. The molecule has 0 aliphatic carbocycles. The second-order valence-corrected chi connectivity index (χ2v) is 3.85. The second-order valence-electron chi connectivity index (χ2n) is 3.44. The number of hydrogen-bond donors (Lipinski definition) is 0. The van der Waals surface area contributed by atoms with Crippen molar-refractivity contribution in [3.05, 3.63) is 34.5 Å². The molecule has 1 heterocycles. The van der Waals surface area contributed by atoms with Crippen molar-refractivity contribution < 1.29 is 9.53 Å². The van der Waals surface area contributed by atoms with E-state index in [1.165, 1.54) is 0 Å². The van der Waals surface area contributed by atoms with Crippen molar-refractivity contribution in [1.29, 1.82) is 0 Å². The molecule has 0 unspecified atom stereocenters. The Kier molecular flexibility index (Phi) is 2.79. The molecule has 2 aromatic rings. The smallest absolute Gasteiger partial charge is 0.150 e. The summed E-state index contributed by atoms with van der Waals surface area (Å²) in [5, 5.41) is 1.16. The van der Waals surface area contributed by atoms with Gasteiger partial charge in [-0.15, -0.1) is 0 Å². The van der Waals surface area contributed by atoms with Gasteiger partial charge < -0.3 is 4.74 Å². The van der Waals surface area contributed by atoms with Crippen LogP contribution in [0.5, 0.6) is 5.75 Å². The fourth-order valence-electron chi connectivity index (χ4n) is 1.68. The standard InChI is InChI=1S/C12H10ClNO2/c1-7-5-9(13)11-8(6-15)3-4-10(16-2)12(11)14-7/h3-6H,1-2H3. The van der Waals surface area contributed by atoms with Crippen molar-refractivity contribution in [3.63, 3.8) is 0 Å². The first-order valence-electron chi connectivity index (χ1n) is 4.76. The Morgan fingerprint density at radius 3 is 2.81 bits per heavy atom. The molecule has 0 bridgehead atoms. The zero-order valence-corrected chi connectivity index (χ0v) is 9.71. The minimum Gasteiger partial charge on any atom is -0.494 e. The zero-order valence-electron chi connectivity index (χ0n) is 8.95. The molecule has 0 aliphatic rings. The Labute approximate surface area is 98.0 Å². The number of halogens is 1. The van der Waals surface area contributed by atoms with Gasteiger partial charge >= 0.3 is 0 Å². The second kappa shape index (κ2) is 4.10. The number of pyridine rings is 1. The summed E-state index contributed by atoms with van der Waals surface area (Å²) in [5.41, 5.74) is 1.93. The van der Waals surface area contributed by atoms with Crippen LogP contribution in [-0.2, 0) is 0 Å². The van der Waals surface area contributed by atoms with Crippen LogP contribution in [0.25, 0.3) is 10.9 Å². The highest BCUT2D eigenvalue weighted by Gasteiger charge is 2.11. The van der Waals surface area contributed by atoms with Crippen molar-refractivity contribution in [3.8, 4) is 5.75 Å². The SMILES string of the molecule is COc1ccc(C=O)c2c(Cl)cc(C)nc12.